The summed E-state index contributed by atoms with van der Waals surface area (Å²) in [5, 5.41) is 17.5. The molecule has 0 unspecified atom stereocenters. The average molecular weight is 447 g/mol. The molecule has 1 aliphatic rings. The van der Waals surface area contributed by atoms with Crippen LogP contribution in [0.3, 0.4) is 0 Å². The van der Waals surface area contributed by atoms with Crippen LogP contribution in [-0.2, 0) is 11.3 Å². The number of carbonyl (C=O) groups excluding carboxylic acids is 1. The minimum atomic E-state index is -0.520. The van der Waals surface area contributed by atoms with Crippen molar-refractivity contribution in [1.82, 2.24) is 5.32 Å². The minimum Gasteiger partial charge on any atom is -0.497 e. The van der Waals surface area contributed by atoms with Gasteiger partial charge in [-0.15, -0.1) is 0 Å². The molecular weight excluding hydrogens is 422 g/mol. The van der Waals surface area contributed by atoms with Crippen LogP contribution in [0, 0.1) is 16.0 Å². The van der Waals surface area contributed by atoms with E-state index in [0.29, 0.717) is 5.75 Å². The van der Waals surface area contributed by atoms with Crippen LogP contribution in [0.1, 0.15) is 35.7 Å². The van der Waals surface area contributed by atoms with Crippen molar-refractivity contribution in [3.63, 3.8) is 0 Å². The highest BCUT2D eigenvalue weighted by Gasteiger charge is 2.36. The number of nitro groups is 1. The van der Waals surface area contributed by atoms with Crippen molar-refractivity contribution in [2.45, 2.75) is 25.6 Å². The number of hydrogen-bond acceptors (Lipinski definition) is 6. The molecule has 0 aliphatic carbocycles. The zero-order valence-corrected chi connectivity index (χ0v) is 18.4. The Bertz CT molecular complexity index is 1130. The zero-order valence-electron chi connectivity index (χ0n) is 18.4. The normalized spacial score (nSPS) is 19.0. The summed E-state index contributed by atoms with van der Waals surface area (Å²) in [5.74, 6) is 0.594. The predicted molar refractivity (Wildman–Crippen MR) is 124 cm³/mol. The summed E-state index contributed by atoms with van der Waals surface area (Å²) in [6.45, 7) is 2.19. The number of fused-ring (bicyclic) bond motifs is 1. The number of nitrogens with zero attached hydrogens (tertiary/aromatic N) is 1. The second-order valence-corrected chi connectivity index (χ2v) is 7.97. The fourth-order valence-electron chi connectivity index (χ4n) is 4.12. The fourth-order valence-corrected chi connectivity index (χ4v) is 4.12. The van der Waals surface area contributed by atoms with E-state index in [4.69, 9.17) is 9.47 Å². The smallest absolute Gasteiger partial charge is 0.407 e. The molecule has 8 heteroatoms. The second kappa shape index (κ2) is 9.60. The Morgan fingerprint density at radius 2 is 1.82 bits per heavy atom. The van der Waals surface area contributed by atoms with Gasteiger partial charge < -0.3 is 20.1 Å². The lowest BCUT2D eigenvalue weighted by Crippen LogP contribution is -2.40. The number of benzene rings is 3. The number of anilines is 1. The first-order chi connectivity index (χ1) is 16.0. The van der Waals surface area contributed by atoms with Crippen LogP contribution in [0.4, 0.5) is 16.2 Å². The van der Waals surface area contributed by atoms with Gasteiger partial charge >= 0.3 is 6.09 Å². The number of rotatable bonds is 6. The van der Waals surface area contributed by atoms with E-state index >= 15 is 0 Å². The van der Waals surface area contributed by atoms with Crippen LogP contribution in [-0.4, -0.2) is 18.1 Å². The zero-order chi connectivity index (χ0) is 23.4. The number of hydrogen-bond donors (Lipinski definition) is 2. The third-order valence-electron chi connectivity index (χ3n) is 5.91. The Kier molecular flexibility index (Phi) is 6.44. The van der Waals surface area contributed by atoms with Crippen LogP contribution in [0.2, 0.25) is 0 Å². The Morgan fingerprint density at radius 3 is 2.48 bits per heavy atom. The van der Waals surface area contributed by atoms with Crippen molar-refractivity contribution in [1.29, 1.82) is 0 Å². The molecule has 0 aromatic heterocycles. The third-order valence-corrected chi connectivity index (χ3v) is 5.91. The number of alkyl carbamates (subject to hydrolysis) is 1. The van der Waals surface area contributed by atoms with Gasteiger partial charge in [-0.05, 0) is 29.3 Å². The number of nitrogens with one attached hydrogen (secondary N) is 2. The van der Waals surface area contributed by atoms with Crippen molar-refractivity contribution in [2.24, 2.45) is 5.92 Å². The first kappa shape index (κ1) is 22.1. The maximum absolute atomic E-state index is 12.7. The first-order valence-corrected chi connectivity index (χ1v) is 10.6. The summed E-state index contributed by atoms with van der Waals surface area (Å²) in [6.07, 6.45) is -0.520. The van der Waals surface area contributed by atoms with Crippen LogP contribution < -0.4 is 15.4 Å². The molecule has 33 heavy (non-hydrogen) atoms. The summed E-state index contributed by atoms with van der Waals surface area (Å²) in [6, 6.07) is 21.1. The van der Waals surface area contributed by atoms with Crippen molar-refractivity contribution < 1.29 is 19.2 Å². The van der Waals surface area contributed by atoms with Crippen molar-refractivity contribution in [3.05, 3.63) is 99.6 Å². The van der Waals surface area contributed by atoms with Gasteiger partial charge in [-0.3, -0.25) is 10.1 Å². The van der Waals surface area contributed by atoms with Gasteiger partial charge in [0.1, 0.15) is 12.4 Å². The molecule has 0 bridgehead atoms. The van der Waals surface area contributed by atoms with Gasteiger partial charge in [0.05, 0.1) is 24.1 Å². The molecule has 3 aromatic carbocycles. The fraction of sp³-hybridized carbons (Fsp3) is 0.240. The molecule has 0 radical (unpaired) electrons. The van der Waals surface area contributed by atoms with E-state index in [2.05, 4.69) is 10.6 Å². The molecule has 0 saturated carbocycles. The summed E-state index contributed by atoms with van der Waals surface area (Å²) in [4.78, 5) is 23.3. The average Bonchev–Trinajstić information content (AvgIpc) is 2.84. The lowest BCUT2D eigenvalue weighted by Gasteiger charge is -2.39. The van der Waals surface area contributed by atoms with E-state index in [1.807, 2.05) is 55.5 Å². The topological polar surface area (TPSA) is 103 Å². The highest BCUT2D eigenvalue weighted by atomic mass is 16.6. The largest absolute Gasteiger partial charge is 0.497 e. The number of non-ortho nitro benzene ring substituents is 1. The highest BCUT2D eigenvalue weighted by Crippen LogP contribution is 2.44. The van der Waals surface area contributed by atoms with Crippen LogP contribution >= 0.6 is 0 Å². The van der Waals surface area contributed by atoms with E-state index in [9.17, 15) is 14.9 Å². The summed E-state index contributed by atoms with van der Waals surface area (Å²) in [5.41, 5.74) is 3.56. The molecular formula is C25H25N3O5. The Balaban J connectivity index is 1.59. The van der Waals surface area contributed by atoms with E-state index in [1.165, 1.54) is 12.1 Å². The molecule has 1 aliphatic heterocycles. The van der Waals surface area contributed by atoms with E-state index in [1.54, 1.807) is 19.2 Å². The van der Waals surface area contributed by atoms with Gasteiger partial charge in [0.2, 0.25) is 0 Å². The Hall–Kier alpha value is -4.07. The third kappa shape index (κ3) is 4.90. The second-order valence-electron chi connectivity index (χ2n) is 7.97. The Labute approximate surface area is 191 Å². The molecule has 3 aromatic rings. The van der Waals surface area contributed by atoms with Gasteiger partial charge in [0.25, 0.3) is 5.69 Å². The molecule has 0 spiro atoms. The van der Waals surface area contributed by atoms with Crippen molar-refractivity contribution in [2.75, 3.05) is 12.4 Å². The van der Waals surface area contributed by atoms with Gasteiger partial charge in [0.15, 0.2) is 0 Å². The van der Waals surface area contributed by atoms with Gasteiger partial charge in [-0.1, -0.05) is 49.4 Å². The van der Waals surface area contributed by atoms with Crippen LogP contribution in [0.25, 0.3) is 0 Å². The molecule has 4 rings (SSSR count). The van der Waals surface area contributed by atoms with Crippen molar-refractivity contribution in [3.8, 4) is 5.75 Å². The van der Waals surface area contributed by atoms with Crippen molar-refractivity contribution >= 4 is 17.5 Å². The SMILES string of the molecule is COc1ccc2c(c1)[C@@H](NC(=O)OCc1ccccc1)[C@H](C)[C@@H](c1ccc([N+](=O)[O-])cc1)N2. The van der Waals surface area contributed by atoms with Crippen LogP contribution in [0.15, 0.2) is 72.8 Å². The quantitative estimate of drug-likeness (QED) is 0.389. The number of ether oxygens (including phenoxy) is 2. The highest BCUT2D eigenvalue weighted by molar-refractivity contribution is 5.70. The van der Waals surface area contributed by atoms with Gasteiger partial charge in [-0.2, -0.15) is 0 Å². The molecule has 1 heterocycles. The monoisotopic (exact) mass is 447 g/mol. The number of carbonyl (C=O) groups is 1. The summed E-state index contributed by atoms with van der Waals surface area (Å²) in [7, 11) is 1.59. The molecule has 2 N–H and O–H groups in total. The predicted octanol–water partition coefficient (Wildman–Crippen LogP) is 5.37. The van der Waals surface area contributed by atoms with Gasteiger partial charge in [-0.25, -0.2) is 4.79 Å². The molecule has 170 valence electrons. The molecule has 0 saturated heterocycles. The molecule has 0 fully saturated rings. The first-order valence-electron chi connectivity index (χ1n) is 10.6. The maximum atomic E-state index is 12.7. The number of nitro benzene ring substituents is 1. The van der Waals surface area contributed by atoms with E-state index in [-0.39, 0.29) is 30.3 Å². The maximum Gasteiger partial charge on any atom is 0.407 e. The minimum absolute atomic E-state index is 0.0338. The number of amides is 1. The molecule has 8 nitrogen and oxygen atoms in total. The Morgan fingerprint density at radius 1 is 1.09 bits per heavy atom. The lowest BCUT2D eigenvalue weighted by atomic mass is 9.80. The standard InChI is InChI=1S/C25H25N3O5/c1-16-23(18-8-10-19(11-9-18)28(30)31)26-22-13-12-20(32-2)14-21(22)24(16)27-25(29)33-15-17-6-4-3-5-7-17/h3-14,16,23-24,26H,15H2,1-2H3,(H,27,29)/t16-,23+,24+/m1/s1. The lowest BCUT2D eigenvalue weighted by molar-refractivity contribution is -0.384. The summed E-state index contributed by atoms with van der Waals surface area (Å²) < 4.78 is 10.8. The van der Waals surface area contributed by atoms with E-state index in [0.717, 1.165) is 22.4 Å². The van der Waals surface area contributed by atoms with Crippen LogP contribution in [0.5, 0.6) is 5.75 Å². The van der Waals surface area contributed by atoms with Gasteiger partial charge in [0, 0.05) is 29.3 Å². The van der Waals surface area contributed by atoms with E-state index < -0.39 is 11.0 Å². The molecule has 3 atom stereocenters. The summed E-state index contributed by atoms with van der Waals surface area (Å²) >= 11 is 0. The molecule has 1 amide bonds. The number of methoxy groups -OCH3 is 1.